The quantitative estimate of drug-likeness (QED) is 0.346. The molecule has 2 saturated heterocycles. The average molecular weight is 619 g/mol. The van der Waals surface area contributed by atoms with Crippen molar-refractivity contribution >= 4 is 28.1 Å². The second-order valence-corrected chi connectivity index (χ2v) is 12.4. The highest BCUT2D eigenvalue weighted by atomic mass is 19.2. The number of benzene rings is 2. The lowest BCUT2D eigenvalue weighted by Crippen LogP contribution is -2.59. The lowest BCUT2D eigenvalue weighted by Gasteiger charge is -2.46. The van der Waals surface area contributed by atoms with Crippen LogP contribution in [0.15, 0.2) is 42.7 Å². The van der Waals surface area contributed by atoms with Crippen molar-refractivity contribution < 1.29 is 22.7 Å². The molecule has 4 heterocycles. The molecule has 0 aliphatic carbocycles. The molecule has 45 heavy (non-hydrogen) atoms. The second kappa shape index (κ2) is 12.2. The third-order valence-corrected chi connectivity index (χ3v) is 9.43. The van der Waals surface area contributed by atoms with Crippen LogP contribution in [0.2, 0.25) is 0 Å². The molecule has 1 amide bonds. The highest BCUT2D eigenvalue weighted by molar-refractivity contribution is 5.94. The van der Waals surface area contributed by atoms with Crippen LogP contribution in [0.4, 0.5) is 24.5 Å². The van der Waals surface area contributed by atoms with Crippen LogP contribution < -0.4 is 14.5 Å². The Labute approximate surface area is 261 Å². The van der Waals surface area contributed by atoms with Crippen molar-refractivity contribution in [1.29, 1.82) is 5.26 Å². The van der Waals surface area contributed by atoms with Crippen LogP contribution in [0.1, 0.15) is 43.5 Å². The zero-order chi connectivity index (χ0) is 32.0. The molecule has 2 fully saturated rings. The standard InChI is InChI=1S/C34H37F3N6O2/c1-20-16-42(17-21(2)43(20)34(44)22(3)35)32-25-10-12-41(31-9-5-7-23-13-28(36)29(37)14-26(23)31)18-30(25)39-33(27(32)15-38)45-19-24-8-6-11-40(24)4/h5,7,9,13-14,20-21,24H,3,6,8,10-12,16-19H2,1-2,4H3/t20-,21+,24-/m0/s1. The van der Waals surface area contributed by atoms with Gasteiger partial charge >= 0.3 is 0 Å². The maximum Gasteiger partial charge on any atom is 0.282 e. The first kappa shape index (κ1) is 30.7. The zero-order valence-electron chi connectivity index (χ0n) is 25.8. The van der Waals surface area contributed by atoms with E-state index in [0.717, 1.165) is 42.0 Å². The number of halogens is 3. The number of nitrogens with zero attached hydrogens (tertiary/aromatic N) is 6. The van der Waals surface area contributed by atoms with E-state index in [1.165, 1.54) is 17.0 Å². The van der Waals surface area contributed by atoms with Crippen molar-refractivity contribution in [3.63, 3.8) is 0 Å². The van der Waals surface area contributed by atoms with Gasteiger partial charge in [0.1, 0.15) is 18.2 Å². The summed E-state index contributed by atoms with van der Waals surface area (Å²) in [5, 5.41) is 11.7. The van der Waals surface area contributed by atoms with Gasteiger partial charge < -0.3 is 24.3 Å². The number of likely N-dealkylation sites (tertiary alicyclic amines) is 1. The van der Waals surface area contributed by atoms with Crippen LogP contribution in [0.3, 0.4) is 0 Å². The van der Waals surface area contributed by atoms with Gasteiger partial charge in [0.05, 0.1) is 17.9 Å². The lowest BCUT2D eigenvalue weighted by molar-refractivity contribution is -0.133. The minimum absolute atomic E-state index is 0.212. The summed E-state index contributed by atoms with van der Waals surface area (Å²) in [4.78, 5) is 25.5. The van der Waals surface area contributed by atoms with Crippen LogP contribution in [-0.2, 0) is 17.8 Å². The molecule has 0 radical (unpaired) electrons. The minimum atomic E-state index is -0.995. The molecule has 2 aromatic carbocycles. The average Bonchev–Trinajstić information content (AvgIpc) is 3.42. The fourth-order valence-corrected chi connectivity index (χ4v) is 7.24. The molecule has 3 aliphatic heterocycles. The molecule has 0 bridgehead atoms. The number of fused-ring (bicyclic) bond motifs is 2. The van der Waals surface area contributed by atoms with Crippen molar-refractivity contribution in [2.24, 2.45) is 0 Å². The van der Waals surface area contributed by atoms with Gasteiger partial charge in [-0.25, -0.2) is 18.2 Å². The summed E-state index contributed by atoms with van der Waals surface area (Å²) in [5.41, 5.74) is 3.49. The van der Waals surface area contributed by atoms with Crippen LogP contribution in [0, 0.1) is 23.0 Å². The number of hydrogen-bond acceptors (Lipinski definition) is 7. The largest absolute Gasteiger partial charge is 0.475 e. The maximum absolute atomic E-state index is 14.3. The summed E-state index contributed by atoms with van der Waals surface area (Å²) in [6.45, 7) is 10.0. The third-order valence-electron chi connectivity index (χ3n) is 9.43. The SMILES string of the molecule is C=C(F)C(=O)N1[C@H](C)CN(c2c(C#N)c(OC[C@@H]3CCCN3C)nc3c2CCN(c2cccc4cc(F)c(F)cc24)C3)C[C@@H]1C. The Morgan fingerprint density at radius 3 is 2.53 bits per heavy atom. The highest BCUT2D eigenvalue weighted by Gasteiger charge is 2.38. The summed E-state index contributed by atoms with van der Waals surface area (Å²) in [6.07, 6.45) is 2.61. The number of carbonyl (C=O) groups is 1. The Balaban J connectivity index is 1.40. The molecule has 3 atom stereocenters. The van der Waals surface area contributed by atoms with Crippen molar-refractivity contribution in [3.05, 3.63) is 71.2 Å². The first-order valence-corrected chi connectivity index (χ1v) is 15.4. The fourth-order valence-electron chi connectivity index (χ4n) is 7.24. The normalized spacial score (nSPS) is 22.0. The minimum Gasteiger partial charge on any atom is -0.475 e. The second-order valence-electron chi connectivity index (χ2n) is 12.4. The summed E-state index contributed by atoms with van der Waals surface area (Å²) in [6, 6.07) is 9.81. The maximum atomic E-state index is 14.3. The third kappa shape index (κ3) is 5.68. The van der Waals surface area contributed by atoms with E-state index in [-0.39, 0.29) is 24.0 Å². The molecule has 1 aromatic heterocycles. The van der Waals surface area contributed by atoms with Gasteiger partial charge in [0.25, 0.3) is 5.91 Å². The first-order chi connectivity index (χ1) is 21.6. The monoisotopic (exact) mass is 618 g/mol. The molecule has 8 nitrogen and oxygen atoms in total. The Morgan fingerprint density at radius 1 is 1.13 bits per heavy atom. The number of amides is 1. The van der Waals surface area contributed by atoms with Gasteiger partial charge in [-0.1, -0.05) is 18.7 Å². The molecular formula is C34H37F3N6O2. The number of nitriles is 1. The van der Waals surface area contributed by atoms with Gasteiger partial charge in [-0.05, 0) is 70.3 Å². The number of likely N-dealkylation sites (N-methyl/N-ethyl adjacent to an activating group) is 1. The van der Waals surface area contributed by atoms with Gasteiger partial charge in [0, 0.05) is 54.4 Å². The molecule has 3 aromatic rings. The van der Waals surface area contributed by atoms with E-state index >= 15 is 0 Å². The molecule has 0 spiro atoms. The van der Waals surface area contributed by atoms with E-state index < -0.39 is 23.4 Å². The lowest BCUT2D eigenvalue weighted by atomic mass is 9.96. The predicted molar refractivity (Wildman–Crippen MR) is 167 cm³/mol. The first-order valence-electron chi connectivity index (χ1n) is 15.4. The number of hydrogen-bond donors (Lipinski definition) is 0. The molecule has 0 N–H and O–H groups in total. The molecular weight excluding hydrogens is 581 g/mol. The van der Waals surface area contributed by atoms with Crippen LogP contribution in [-0.4, -0.2) is 78.7 Å². The van der Waals surface area contributed by atoms with E-state index in [1.807, 2.05) is 26.0 Å². The number of rotatable bonds is 6. The molecule has 6 rings (SSSR count). The highest BCUT2D eigenvalue weighted by Crippen LogP contribution is 2.40. The van der Waals surface area contributed by atoms with Gasteiger partial charge in [-0.3, -0.25) is 4.79 Å². The number of anilines is 2. The number of aromatic nitrogens is 1. The summed E-state index contributed by atoms with van der Waals surface area (Å²) < 4.78 is 48.6. The van der Waals surface area contributed by atoms with Gasteiger partial charge in [-0.2, -0.15) is 5.26 Å². The van der Waals surface area contributed by atoms with Crippen LogP contribution >= 0.6 is 0 Å². The van der Waals surface area contributed by atoms with Crippen molar-refractivity contribution in [2.45, 2.75) is 57.8 Å². The van der Waals surface area contributed by atoms with E-state index in [9.17, 15) is 23.2 Å². The van der Waals surface area contributed by atoms with Crippen molar-refractivity contribution in [2.75, 3.05) is 49.6 Å². The smallest absolute Gasteiger partial charge is 0.282 e. The molecule has 0 unspecified atom stereocenters. The topological polar surface area (TPSA) is 75.9 Å². The zero-order valence-corrected chi connectivity index (χ0v) is 25.8. The van der Waals surface area contributed by atoms with E-state index in [1.54, 1.807) is 6.07 Å². The summed E-state index contributed by atoms with van der Waals surface area (Å²) in [5.74, 6) is -3.26. The molecule has 11 heteroatoms. The van der Waals surface area contributed by atoms with Crippen LogP contribution in [0.5, 0.6) is 5.88 Å². The van der Waals surface area contributed by atoms with E-state index in [2.05, 4.69) is 34.4 Å². The van der Waals surface area contributed by atoms with Gasteiger partial charge in [-0.15, -0.1) is 0 Å². The summed E-state index contributed by atoms with van der Waals surface area (Å²) >= 11 is 0. The van der Waals surface area contributed by atoms with Crippen LogP contribution in [0.25, 0.3) is 10.8 Å². The Morgan fingerprint density at radius 2 is 1.87 bits per heavy atom. The molecule has 3 aliphatic rings. The van der Waals surface area contributed by atoms with Gasteiger partial charge in [0.15, 0.2) is 17.5 Å². The van der Waals surface area contributed by atoms with E-state index in [4.69, 9.17) is 9.72 Å². The van der Waals surface area contributed by atoms with E-state index in [0.29, 0.717) is 55.5 Å². The predicted octanol–water partition coefficient (Wildman–Crippen LogP) is 5.33. The van der Waals surface area contributed by atoms with Crippen molar-refractivity contribution in [3.8, 4) is 11.9 Å². The number of pyridine rings is 1. The molecule has 236 valence electrons. The van der Waals surface area contributed by atoms with Crippen molar-refractivity contribution in [1.82, 2.24) is 14.8 Å². The Bertz CT molecular complexity index is 1700. The number of piperazine rings is 1. The Hall–Kier alpha value is -4.30. The fraction of sp³-hybridized carbons (Fsp3) is 0.441. The number of ether oxygens (including phenoxy) is 1. The summed E-state index contributed by atoms with van der Waals surface area (Å²) in [7, 11) is 2.06. The van der Waals surface area contributed by atoms with Gasteiger partial charge in [0.2, 0.25) is 5.88 Å². The Kier molecular flexibility index (Phi) is 8.35. The number of carbonyl (C=O) groups excluding carboxylic acids is 1. The molecule has 0 saturated carbocycles.